The quantitative estimate of drug-likeness (QED) is 0.797. The lowest BCUT2D eigenvalue weighted by molar-refractivity contribution is 0.183. The summed E-state index contributed by atoms with van der Waals surface area (Å²) < 4.78 is 10.9. The van der Waals surface area contributed by atoms with Crippen LogP contribution in [0.15, 0.2) is 23.3 Å². The number of benzene rings is 1. The predicted molar refractivity (Wildman–Crippen MR) is 89.7 cm³/mol. The van der Waals surface area contributed by atoms with Crippen molar-refractivity contribution in [2.75, 3.05) is 27.3 Å². The van der Waals surface area contributed by atoms with Crippen molar-refractivity contribution in [1.82, 2.24) is 4.90 Å². The van der Waals surface area contributed by atoms with Gasteiger partial charge in [-0.05, 0) is 42.5 Å². The molecule has 0 aromatic heterocycles. The molecule has 122 valence electrons. The summed E-state index contributed by atoms with van der Waals surface area (Å²) in [5.41, 5.74) is 5.46. The van der Waals surface area contributed by atoms with Crippen LogP contribution in [0.1, 0.15) is 43.4 Å². The highest BCUT2D eigenvalue weighted by atomic mass is 16.5. The molecule has 4 heteroatoms. The van der Waals surface area contributed by atoms with Gasteiger partial charge in [-0.15, -0.1) is 0 Å². The monoisotopic (exact) mass is 312 g/mol. The van der Waals surface area contributed by atoms with Gasteiger partial charge in [0.05, 0.1) is 26.7 Å². The topological polar surface area (TPSA) is 45.5 Å². The normalized spacial score (nSPS) is 20.5. The maximum Gasteiger partial charge on any atom is 0.161 e. The fourth-order valence-electron chi connectivity index (χ4n) is 3.90. The van der Waals surface area contributed by atoms with Crippen molar-refractivity contribution in [2.45, 2.75) is 38.6 Å². The van der Waals surface area contributed by atoms with E-state index in [0.717, 1.165) is 43.9 Å². The Kier molecular flexibility index (Phi) is 4.58. The smallest absolute Gasteiger partial charge is 0.161 e. The Labute approximate surface area is 138 Å². The zero-order valence-corrected chi connectivity index (χ0v) is 14.2. The Morgan fingerprint density at radius 2 is 1.96 bits per heavy atom. The van der Waals surface area contributed by atoms with Crippen molar-refractivity contribution >= 4 is 0 Å². The number of ether oxygens (including phenoxy) is 2. The van der Waals surface area contributed by atoms with Gasteiger partial charge in [-0.2, -0.15) is 5.26 Å². The van der Waals surface area contributed by atoms with Crippen LogP contribution < -0.4 is 9.47 Å². The van der Waals surface area contributed by atoms with Crippen LogP contribution >= 0.6 is 0 Å². The molecule has 0 spiro atoms. The van der Waals surface area contributed by atoms with Crippen LogP contribution in [-0.4, -0.2) is 32.2 Å². The van der Waals surface area contributed by atoms with Gasteiger partial charge in [-0.3, -0.25) is 4.90 Å². The second-order valence-electron chi connectivity index (χ2n) is 6.24. The fraction of sp³-hybridized carbons (Fsp3) is 0.526. The lowest BCUT2D eigenvalue weighted by Crippen LogP contribution is -2.40. The van der Waals surface area contributed by atoms with Crippen molar-refractivity contribution in [2.24, 2.45) is 0 Å². The molecule has 0 amide bonds. The highest BCUT2D eigenvalue weighted by Crippen LogP contribution is 2.43. The molecule has 1 aromatic rings. The lowest BCUT2D eigenvalue weighted by atomic mass is 9.82. The summed E-state index contributed by atoms with van der Waals surface area (Å²) in [5, 5.41) is 9.14. The number of fused-ring (bicyclic) bond motifs is 3. The van der Waals surface area contributed by atoms with E-state index in [1.54, 1.807) is 14.2 Å². The number of hydrogen-bond acceptors (Lipinski definition) is 4. The van der Waals surface area contributed by atoms with Gasteiger partial charge in [0.2, 0.25) is 0 Å². The van der Waals surface area contributed by atoms with Crippen LogP contribution in [0.4, 0.5) is 0 Å². The molecule has 2 aliphatic rings. The number of hydrogen-bond donors (Lipinski definition) is 0. The third kappa shape index (κ3) is 2.82. The van der Waals surface area contributed by atoms with Gasteiger partial charge in [0.1, 0.15) is 0 Å². The first-order chi connectivity index (χ1) is 11.2. The summed E-state index contributed by atoms with van der Waals surface area (Å²) in [6.45, 7) is 4.25. The minimum absolute atomic E-state index is 0.359. The number of nitriles is 1. The van der Waals surface area contributed by atoms with Gasteiger partial charge in [0.15, 0.2) is 11.5 Å². The Hall–Kier alpha value is -1.99. The van der Waals surface area contributed by atoms with E-state index in [9.17, 15) is 0 Å². The van der Waals surface area contributed by atoms with Crippen LogP contribution in [0.5, 0.6) is 11.5 Å². The van der Waals surface area contributed by atoms with Crippen LogP contribution in [0.3, 0.4) is 0 Å². The summed E-state index contributed by atoms with van der Waals surface area (Å²) in [6.07, 6.45) is 3.59. The van der Waals surface area contributed by atoms with Crippen molar-refractivity contribution in [1.29, 1.82) is 5.26 Å². The van der Waals surface area contributed by atoms with E-state index in [2.05, 4.69) is 30.0 Å². The molecule has 1 unspecified atom stereocenters. The second kappa shape index (κ2) is 6.64. The maximum absolute atomic E-state index is 9.14. The van der Waals surface area contributed by atoms with Crippen molar-refractivity contribution < 1.29 is 9.47 Å². The number of nitrogens with zero attached hydrogens (tertiary/aromatic N) is 2. The molecule has 1 aromatic carbocycles. The van der Waals surface area contributed by atoms with Gasteiger partial charge in [0.25, 0.3) is 0 Å². The van der Waals surface area contributed by atoms with E-state index in [1.807, 2.05) is 0 Å². The standard InChI is InChI=1S/C19H24N2O2/c1-4-13-12-21-8-6-15-10-18(22-2)19(23-3)11-16(15)17(21)9-14(13)5-7-20/h10-11,17H,4-6,8-9,12H2,1-3H3. The van der Waals surface area contributed by atoms with Crippen LogP contribution in [0, 0.1) is 11.3 Å². The van der Waals surface area contributed by atoms with Crippen molar-refractivity contribution in [3.8, 4) is 17.6 Å². The number of rotatable bonds is 4. The summed E-state index contributed by atoms with van der Waals surface area (Å²) in [7, 11) is 3.36. The molecule has 0 bridgehead atoms. The molecular weight excluding hydrogens is 288 g/mol. The average Bonchev–Trinajstić information content (AvgIpc) is 2.60. The molecule has 4 nitrogen and oxygen atoms in total. The molecule has 0 fully saturated rings. The van der Waals surface area contributed by atoms with Crippen LogP contribution in [0.25, 0.3) is 0 Å². The molecule has 2 heterocycles. The highest BCUT2D eigenvalue weighted by Gasteiger charge is 2.33. The fourth-order valence-corrected chi connectivity index (χ4v) is 3.90. The lowest BCUT2D eigenvalue weighted by Gasteiger charge is -2.42. The largest absolute Gasteiger partial charge is 0.493 e. The maximum atomic E-state index is 9.14. The van der Waals surface area contributed by atoms with Crippen molar-refractivity contribution in [3.05, 3.63) is 34.4 Å². The molecular formula is C19H24N2O2. The SMILES string of the molecule is CCC1=C(CC#N)CC2c3cc(OC)c(OC)cc3CCN2C1. The van der Waals surface area contributed by atoms with Gasteiger partial charge in [-0.1, -0.05) is 18.1 Å². The van der Waals surface area contributed by atoms with E-state index in [1.165, 1.54) is 22.3 Å². The Morgan fingerprint density at radius 3 is 2.61 bits per heavy atom. The third-order valence-corrected chi connectivity index (χ3v) is 5.17. The predicted octanol–water partition coefficient (Wildman–Crippen LogP) is 3.63. The zero-order valence-electron chi connectivity index (χ0n) is 14.2. The van der Waals surface area contributed by atoms with E-state index in [-0.39, 0.29) is 0 Å². The molecule has 0 saturated heterocycles. The molecule has 0 N–H and O–H groups in total. The summed E-state index contributed by atoms with van der Waals surface area (Å²) >= 11 is 0. The van der Waals surface area contributed by atoms with E-state index in [4.69, 9.17) is 14.7 Å². The first-order valence-corrected chi connectivity index (χ1v) is 8.27. The third-order valence-electron chi connectivity index (χ3n) is 5.17. The van der Waals surface area contributed by atoms with Crippen molar-refractivity contribution in [3.63, 3.8) is 0 Å². The van der Waals surface area contributed by atoms with E-state index < -0.39 is 0 Å². The average molecular weight is 312 g/mol. The summed E-state index contributed by atoms with van der Waals surface area (Å²) in [6, 6.07) is 6.95. The van der Waals surface area contributed by atoms with Gasteiger partial charge in [-0.25, -0.2) is 0 Å². The minimum Gasteiger partial charge on any atom is -0.493 e. The zero-order chi connectivity index (χ0) is 16.4. The van der Waals surface area contributed by atoms with E-state index >= 15 is 0 Å². The second-order valence-corrected chi connectivity index (χ2v) is 6.24. The molecule has 0 radical (unpaired) electrons. The Morgan fingerprint density at radius 1 is 1.22 bits per heavy atom. The van der Waals surface area contributed by atoms with E-state index in [0.29, 0.717) is 12.5 Å². The van der Waals surface area contributed by atoms with Gasteiger partial charge in [0, 0.05) is 19.1 Å². The molecule has 2 aliphatic heterocycles. The Bertz CT molecular complexity index is 673. The molecule has 0 saturated carbocycles. The summed E-state index contributed by atoms with van der Waals surface area (Å²) in [5.74, 6) is 1.60. The summed E-state index contributed by atoms with van der Waals surface area (Å²) in [4.78, 5) is 2.55. The van der Waals surface area contributed by atoms with Gasteiger partial charge < -0.3 is 9.47 Å². The van der Waals surface area contributed by atoms with Gasteiger partial charge >= 0.3 is 0 Å². The first kappa shape index (κ1) is 15.9. The Balaban J connectivity index is 2.00. The molecule has 1 atom stereocenters. The number of methoxy groups -OCH3 is 2. The molecule has 0 aliphatic carbocycles. The molecule has 23 heavy (non-hydrogen) atoms. The van der Waals surface area contributed by atoms with Crippen LogP contribution in [-0.2, 0) is 6.42 Å². The minimum atomic E-state index is 0.359. The van der Waals surface area contributed by atoms with Crippen LogP contribution in [0.2, 0.25) is 0 Å². The highest BCUT2D eigenvalue weighted by molar-refractivity contribution is 5.50. The first-order valence-electron chi connectivity index (χ1n) is 8.27. The molecule has 3 rings (SSSR count).